The summed E-state index contributed by atoms with van der Waals surface area (Å²) in [5, 5.41) is 9.40. The molecule has 3 N–H and O–H groups in total. The van der Waals surface area contributed by atoms with E-state index in [0.29, 0.717) is 6.54 Å². The molecule has 23 heavy (non-hydrogen) atoms. The second-order valence-electron chi connectivity index (χ2n) is 6.68. The van der Waals surface area contributed by atoms with E-state index in [2.05, 4.69) is 22.9 Å². The van der Waals surface area contributed by atoms with Gasteiger partial charge < -0.3 is 16.0 Å². The largest absolute Gasteiger partial charge is 0.355 e. The van der Waals surface area contributed by atoms with Crippen LogP contribution in [0.2, 0.25) is 0 Å². The Balaban J connectivity index is 0.00000264. The first-order valence-electron chi connectivity index (χ1n) is 8.99. The lowest BCUT2D eigenvalue weighted by Crippen LogP contribution is -2.43. The van der Waals surface area contributed by atoms with Crippen molar-refractivity contribution in [2.75, 3.05) is 19.6 Å². The van der Waals surface area contributed by atoms with Gasteiger partial charge in [0, 0.05) is 31.0 Å². The molecule has 2 amide bonds. The topological polar surface area (TPSA) is 70.2 Å². The predicted molar refractivity (Wildman–Crippen MR) is 94.6 cm³/mol. The highest BCUT2D eigenvalue weighted by Crippen LogP contribution is 2.27. The fourth-order valence-corrected chi connectivity index (χ4v) is 3.60. The highest BCUT2D eigenvalue weighted by molar-refractivity contribution is 5.85. The lowest BCUT2D eigenvalue weighted by atomic mass is 9.85. The lowest BCUT2D eigenvalue weighted by molar-refractivity contribution is -0.126. The highest BCUT2D eigenvalue weighted by atomic mass is 35.5. The van der Waals surface area contributed by atoms with E-state index < -0.39 is 0 Å². The van der Waals surface area contributed by atoms with Crippen LogP contribution in [0.15, 0.2) is 0 Å². The van der Waals surface area contributed by atoms with Crippen LogP contribution in [0.1, 0.15) is 58.3 Å². The zero-order chi connectivity index (χ0) is 15.8. The van der Waals surface area contributed by atoms with E-state index in [1.807, 2.05) is 0 Å². The fraction of sp³-hybridized carbons (Fsp3) is 0.882. The van der Waals surface area contributed by atoms with Crippen molar-refractivity contribution >= 4 is 24.2 Å². The molecule has 5 nitrogen and oxygen atoms in total. The third-order valence-corrected chi connectivity index (χ3v) is 5.02. The first-order valence-corrected chi connectivity index (χ1v) is 8.99. The SMILES string of the molecule is CCNCCNC(=O)C1CCC(NC(=O)C2CCCC2)CC1.Cl. The van der Waals surface area contributed by atoms with E-state index in [1.54, 1.807) is 0 Å². The zero-order valence-electron chi connectivity index (χ0n) is 14.2. The van der Waals surface area contributed by atoms with Crippen LogP contribution < -0.4 is 16.0 Å². The van der Waals surface area contributed by atoms with Crippen LogP contribution in [0.5, 0.6) is 0 Å². The average Bonchev–Trinajstić information content (AvgIpc) is 3.06. The smallest absolute Gasteiger partial charge is 0.223 e. The number of hydrogen-bond acceptors (Lipinski definition) is 3. The summed E-state index contributed by atoms with van der Waals surface area (Å²) in [6.07, 6.45) is 8.14. The summed E-state index contributed by atoms with van der Waals surface area (Å²) in [7, 11) is 0. The van der Waals surface area contributed by atoms with Gasteiger partial charge in [-0.25, -0.2) is 0 Å². The van der Waals surface area contributed by atoms with Gasteiger partial charge in [-0.2, -0.15) is 0 Å². The van der Waals surface area contributed by atoms with E-state index in [-0.39, 0.29) is 42.1 Å². The maximum atomic E-state index is 12.1. The monoisotopic (exact) mass is 345 g/mol. The Bertz CT molecular complexity index is 365. The molecular weight excluding hydrogens is 314 g/mol. The molecule has 0 unspecified atom stereocenters. The average molecular weight is 346 g/mol. The van der Waals surface area contributed by atoms with E-state index in [9.17, 15) is 9.59 Å². The minimum absolute atomic E-state index is 0. The molecule has 134 valence electrons. The summed E-state index contributed by atoms with van der Waals surface area (Å²) in [6.45, 7) is 4.52. The molecule has 2 saturated carbocycles. The molecule has 2 rings (SSSR count). The van der Waals surface area contributed by atoms with Gasteiger partial charge in [0.15, 0.2) is 0 Å². The maximum Gasteiger partial charge on any atom is 0.223 e. The Hall–Kier alpha value is -0.810. The number of halogens is 1. The van der Waals surface area contributed by atoms with Gasteiger partial charge in [0.05, 0.1) is 0 Å². The molecule has 2 aliphatic carbocycles. The summed E-state index contributed by atoms with van der Waals surface area (Å²) < 4.78 is 0. The van der Waals surface area contributed by atoms with Crippen molar-refractivity contribution in [3.63, 3.8) is 0 Å². The summed E-state index contributed by atoms with van der Waals surface area (Å²) in [5.74, 6) is 0.794. The Kier molecular flexibility index (Phi) is 9.56. The van der Waals surface area contributed by atoms with Crippen molar-refractivity contribution in [2.24, 2.45) is 11.8 Å². The maximum absolute atomic E-state index is 12.1. The van der Waals surface area contributed by atoms with E-state index in [4.69, 9.17) is 0 Å². The van der Waals surface area contributed by atoms with E-state index in [0.717, 1.165) is 51.6 Å². The first-order chi connectivity index (χ1) is 10.7. The Labute approximate surface area is 146 Å². The second-order valence-corrected chi connectivity index (χ2v) is 6.68. The van der Waals surface area contributed by atoms with Crippen LogP contribution in [0.3, 0.4) is 0 Å². The van der Waals surface area contributed by atoms with Gasteiger partial charge in [0.1, 0.15) is 0 Å². The van der Waals surface area contributed by atoms with Gasteiger partial charge in [0.2, 0.25) is 11.8 Å². The normalized spacial score (nSPS) is 24.7. The van der Waals surface area contributed by atoms with Crippen LogP contribution in [0.4, 0.5) is 0 Å². The summed E-state index contributed by atoms with van der Waals surface area (Å²) in [5.41, 5.74) is 0. The number of rotatable bonds is 7. The van der Waals surface area contributed by atoms with Gasteiger partial charge in [-0.15, -0.1) is 12.4 Å². The van der Waals surface area contributed by atoms with Gasteiger partial charge in [-0.05, 0) is 45.1 Å². The van der Waals surface area contributed by atoms with Crippen LogP contribution in [-0.4, -0.2) is 37.5 Å². The van der Waals surface area contributed by atoms with Crippen LogP contribution in [0, 0.1) is 11.8 Å². The van der Waals surface area contributed by atoms with Crippen LogP contribution >= 0.6 is 12.4 Å². The van der Waals surface area contributed by atoms with Crippen molar-refractivity contribution in [1.29, 1.82) is 0 Å². The van der Waals surface area contributed by atoms with Gasteiger partial charge in [-0.1, -0.05) is 19.8 Å². The van der Waals surface area contributed by atoms with Crippen molar-refractivity contribution in [3.8, 4) is 0 Å². The molecule has 0 aromatic heterocycles. The molecule has 0 spiro atoms. The van der Waals surface area contributed by atoms with Crippen molar-refractivity contribution in [2.45, 2.75) is 64.3 Å². The van der Waals surface area contributed by atoms with Crippen molar-refractivity contribution in [3.05, 3.63) is 0 Å². The third kappa shape index (κ3) is 6.68. The quantitative estimate of drug-likeness (QED) is 0.618. The standard InChI is InChI=1S/C17H31N3O2.ClH/c1-2-18-11-12-19-16(21)14-7-9-15(10-8-14)20-17(22)13-5-3-4-6-13;/h13-15,18H,2-12H2,1H3,(H,19,21)(H,20,22);1H. The Morgan fingerprint density at radius 3 is 2.09 bits per heavy atom. The minimum Gasteiger partial charge on any atom is -0.355 e. The minimum atomic E-state index is 0. The molecule has 6 heteroatoms. The molecule has 0 aromatic carbocycles. The van der Waals surface area contributed by atoms with Gasteiger partial charge in [-0.3, -0.25) is 9.59 Å². The summed E-state index contributed by atoms with van der Waals surface area (Å²) in [6, 6.07) is 0.277. The second kappa shape index (κ2) is 10.9. The molecule has 0 heterocycles. The van der Waals surface area contributed by atoms with Gasteiger partial charge >= 0.3 is 0 Å². The molecule has 0 atom stereocenters. The molecular formula is C17H32ClN3O2. The van der Waals surface area contributed by atoms with Crippen LogP contribution in [-0.2, 0) is 9.59 Å². The number of hydrogen-bond donors (Lipinski definition) is 3. The first kappa shape index (κ1) is 20.2. The van der Waals surface area contributed by atoms with Crippen molar-refractivity contribution in [1.82, 2.24) is 16.0 Å². The molecule has 0 aliphatic heterocycles. The molecule has 2 aliphatic rings. The number of carbonyl (C=O) groups excluding carboxylic acids is 2. The number of likely N-dealkylation sites (N-methyl/N-ethyl adjacent to an activating group) is 1. The highest BCUT2D eigenvalue weighted by Gasteiger charge is 2.29. The van der Waals surface area contributed by atoms with E-state index in [1.165, 1.54) is 12.8 Å². The summed E-state index contributed by atoms with van der Waals surface area (Å²) >= 11 is 0. The molecule has 2 fully saturated rings. The summed E-state index contributed by atoms with van der Waals surface area (Å²) in [4.78, 5) is 24.2. The molecule has 0 bridgehead atoms. The van der Waals surface area contributed by atoms with Crippen molar-refractivity contribution < 1.29 is 9.59 Å². The Morgan fingerprint density at radius 1 is 0.870 bits per heavy atom. The lowest BCUT2D eigenvalue weighted by Gasteiger charge is -2.29. The van der Waals surface area contributed by atoms with Gasteiger partial charge in [0.25, 0.3) is 0 Å². The number of carbonyl (C=O) groups is 2. The molecule has 0 radical (unpaired) electrons. The zero-order valence-corrected chi connectivity index (χ0v) is 15.1. The number of nitrogens with one attached hydrogen (secondary N) is 3. The molecule has 0 saturated heterocycles. The van der Waals surface area contributed by atoms with Crippen LogP contribution in [0.25, 0.3) is 0 Å². The molecule has 0 aromatic rings. The fourth-order valence-electron chi connectivity index (χ4n) is 3.60. The Morgan fingerprint density at radius 2 is 1.48 bits per heavy atom. The number of amides is 2. The third-order valence-electron chi connectivity index (χ3n) is 5.02. The predicted octanol–water partition coefficient (Wildman–Crippen LogP) is 2.00. The van der Waals surface area contributed by atoms with E-state index >= 15 is 0 Å².